The number of aromatic nitrogens is 4. The van der Waals surface area contributed by atoms with Crippen molar-refractivity contribution in [2.45, 2.75) is 44.4 Å². The van der Waals surface area contributed by atoms with E-state index in [4.69, 9.17) is 4.74 Å². The molecule has 1 fully saturated rings. The van der Waals surface area contributed by atoms with E-state index in [0.29, 0.717) is 17.0 Å². The summed E-state index contributed by atoms with van der Waals surface area (Å²) in [5.41, 5.74) is 3.29. The molecule has 0 amide bonds. The van der Waals surface area contributed by atoms with Crippen molar-refractivity contribution in [3.05, 3.63) is 48.0 Å². The SMILES string of the molecule is Cc1ccc([C@@H](C)Nc2ncnc3c2ncn3[C@@H]2O[C@H](CO)[C@@H](O)[C@H]2O)cc1. The van der Waals surface area contributed by atoms with E-state index < -0.39 is 31.1 Å². The summed E-state index contributed by atoms with van der Waals surface area (Å²) in [5.74, 6) is 0.559. The average molecular weight is 385 g/mol. The number of aliphatic hydroxyl groups is 3. The maximum atomic E-state index is 10.3. The quantitative estimate of drug-likeness (QED) is 0.511. The molecule has 4 N–H and O–H groups in total. The number of nitrogens with zero attached hydrogens (tertiary/aromatic N) is 4. The Morgan fingerprint density at radius 2 is 1.89 bits per heavy atom. The predicted octanol–water partition coefficient (Wildman–Crippen LogP) is 0.919. The van der Waals surface area contributed by atoms with E-state index in [1.54, 1.807) is 4.57 Å². The van der Waals surface area contributed by atoms with Crippen LogP contribution in [0.25, 0.3) is 11.2 Å². The number of hydrogen-bond donors (Lipinski definition) is 4. The van der Waals surface area contributed by atoms with E-state index in [-0.39, 0.29) is 6.04 Å². The second-order valence-corrected chi connectivity index (χ2v) is 7.05. The van der Waals surface area contributed by atoms with Crippen LogP contribution < -0.4 is 5.32 Å². The van der Waals surface area contributed by atoms with Crippen LogP contribution in [0.5, 0.6) is 0 Å². The van der Waals surface area contributed by atoms with E-state index in [0.717, 1.165) is 5.56 Å². The average Bonchev–Trinajstić information content (AvgIpc) is 3.24. The number of ether oxygens (including phenoxy) is 1. The highest BCUT2D eigenvalue weighted by atomic mass is 16.6. The molecule has 3 aromatic rings. The molecule has 1 aliphatic heterocycles. The van der Waals surface area contributed by atoms with Gasteiger partial charge in [0, 0.05) is 0 Å². The van der Waals surface area contributed by atoms with Crippen LogP contribution in [0.1, 0.15) is 30.3 Å². The van der Waals surface area contributed by atoms with Crippen LogP contribution in [0.2, 0.25) is 0 Å². The topological polar surface area (TPSA) is 126 Å². The number of benzene rings is 1. The second-order valence-electron chi connectivity index (χ2n) is 7.05. The van der Waals surface area contributed by atoms with E-state index >= 15 is 0 Å². The fourth-order valence-corrected chi connectivity index (χ4v) is 3.40. The van der Waals surface area contributed by atoms with Gasteiger partial charge in [-0.15, -0.1) is 0 Å². The third-order valence-electron chi connectivity index (χ3n) is 5.08. The van der Waals surface area contributed by atoms with Crippen molar-refractivity contribution in [1.29, 1.82) is 0 Å². The van der Waals surface area contributed by atoms with E-state index in [1.807, 2.05) is 13.8 Å². The Hall–Kier alpha value is -2.59. The minimum atomic E-state index is -1.20. The molecule has 4 rings (SSSR count). The highest BCUT2D eigenvalue weighted by Crippen LogP contribution is 2.32. The molecule has 9 heteroatoms. The lowest BCUT2D eigenvalue weighted by Crippen LogP contribution is -2.33. The van der Waals surface area contributed by atoms with Crippen molar-refractivity contribution < 1.29 is 20.1 Å². The first-order valence-electron chi connectivity index (χ1n) is 9.12. The van der Waals surface area contributed by atoms with Gasteiger partial charge in [0.2, 0.25) is 0 Å². The van der Waals surface area contributed by atoms with Crippen LogP contribution in [0.3, 0.4) is 0 Å². The van der Waals surface area contributed by atoms with Gasteiger partial charge >= 0.3 is 0 Å². The Morgan fingerprint density at radius 1 is 1.14 bits per heavy atom. The molecule has 0 unspecified atom stereocenters. The standard InChI is InChI=1S/C19H23N5O4/c1-10-3-5-12(6-4-10)11(2)23-17-14-18(21-8-20-17)24(9-22-14)19-16(27)15(26)13(7-25)28-19/h3-6,8-9,11,13,15-16,19,25-27H,7H2,1-2H3,(H,20,21,23)/t11-,13-,15-,16-,19-/m1/s1. The van der Waals surface area contributed by atoms with Crippen LogP contribution in [0.15, 0.2) is 36.9 Å². The highest BCUT2D eigenvalue weighted by Gasteiger charge is 2.44. The molecule has 0 aliphatic carbocycles. The molecule has 1 aliphatic rings. The van der Waals surface area contributed by atoms with Gasteiger partial charge in [0.15, 0.2) is 23.2 Å². The van der Waals surface area contributed by atoms with E-state index in [9.17, 15) is 15.3 Å². The van der Waals surface area contributed by atoms with Gasteiger partial charge in [-0.25, -0.2) is 15.0 Å². The summed E-state index contributed by atoms with van der Waals surface area (Å²) in [5, 5.41) is 32.9. The summed E-state index contributed by atoms with van der Waals surface area (Å²) >= 11 is 0. The van der Waals surface area contributed by atoms with Crippen molar-refractivity contribution in [1.82, 2.24) is 19.5 Å². The van der Waals surface area contributed by atoms with Gasteiger partial charge in [0.05, 0.1) is 19.0 Å². The number of aryl methyl sites for hydroxylation is 1. The summed E-state index contributed by atoms with van der Waals surface area (Å²) < 4.78 is 7.13. The molecule has 9 nitrogen and oxygen atoms in total. The Morgan fingerprint density at radius 3 is 2.57 bits per heavy atom. The first-order chi connectivity index (χ1) is 13.5. The van der Waals surface area contributed by atoms with E-state index in [1.165, 1.54) is 18.2 Å². The number of fused-ring (bicyclic) bond motifs is 1. The zero-order valence-corrected chi connectivity index (χ0v) is 15.6. The van der Waals surface area contributed by atoms with Gasteiger partial charge in [-0.3, -0.25) is 4.57 Å². The number of imidazole rings is 1. The fourth-order valence-electron chi connectivity index (χ4n) is 3.40. The van der Waals surface area contributed by atoms with Crippen molar-refractivity contribution in [3.8, 4) is 0 Å². The third-order valence-corrected chi connectivity index (χ3v) is 5.08. The third kappa shape index (κ3) is 3.22. The van der Waals surface area contributed by atoms with Gasteiger partial charge < -0.3 is 25.4 Å². The number of anilines is 1. The highest BCUT2D eigenvalue weighted by molar-refractivity contribution is 5.82. The number of rotatable bonds is 5. The number of aliphatic hydroxyl groups excluding tert-OH is 3. The summed E-state index contributed by atoms with van der Waals surface area (Å²) in [4.78, 5) is 12.9. The molecule has 0 radical (unpaired) electrons. The van der Waals surface area contributed by atoms with Crippen LogP contribution >= 0.6 is 0 Å². The normalized spacial score (nSPS) is 25.9. The zero-order chi connectivity index (χ0) is 19.8. The summed E-state index contributed by atoms with van der Waals surface area (Å²) in [6.45, 7) is 3.68. The molecule has 0 spiro atoms. The molecule has 3 heterocycles. The first kappa shape index (κ1) is 18.8. The molecule has 1 aromatic carbocycles. The lowest BCUT2D eigenvalue weighted by atomic mass is 10.1. The predicted molar refractivity (Wildman–Crippen MR) is 102 cm³/mol. The van der Waals surface area contributed by atoms with Crippen LogP contribution in [-0.2, 0) is 4.74 Å². The first-order valence-corrected chi connectivity index (χ1v) is 9.12. The number of nitrogens with one attached hydrogen (secondary N) is 1. The Labute approximate surface area is 161 Å². The Bertz CT molecular complexity index is 961. The zero-order valence-electron chi connectivity index (χ0n) is 15.6. The number of hydrogen-bond acceptors (Lipinski definition) is 8. The molecule has 5 atom stereocenters. The van der Waals surface area contributed by atoms with Crippen molar-refractivity contribution in [2.75, 3.05) is 11.9 Å². The molecular formula is C19H23N5O4. The summed E-state index contributed by atoms with van der Waals surface area (Å²) in [6.07, 6.45) is -1.25. The minimum absolute atomic E-state index is 0.00207. The van der Waals surface area contributed by atoms with Crippen LogP contribution in [0.4, 0.5) is 5.82 Å². The molecule has 2 aromatic heterocycles. The van der Waals surface area contributed by atoms with Gasteiger partial charge in [0.25, 0.3) is 0 Å². The lowest BCUT2D eigenvalue weighted by Gasteiger charge is -2.17. The van der Waals surface area contributed by atoms with Crippen LogP contribution in [0, 0.1) is 6.92 Å². The molecule has 148 valence electrons. The molecule has 28 heavy (non-hydrogen) atoms. The van der Waals surface area contributed by atoms with Gasteiger partial charge in [-0.1, -0.05) is 29.8 Å². The molecule has 1 saturated heterocycles. The minimum Gasteiger partial charge on any atom is -0.394 e. The largest absolute Gasteiger partial charge is 0.394 e. The van der Waals surface area contributed by atoms with Gasteiger partial charge in [0.1, 0.15) is 24.6 Å². The fraction of sp³-hybridized carbons (Fsp3) is 0.421. The maximum Gasteiger partial charge on any atom is 0.167 e. The Kier molecular flexibility index (Phi) is 4.98. The van der Waals surface area contributed by atoms with E-state index in [2.05, 4.69) is 44.5 Å². The van der Waals surface area contributed by atoms with Crippen molar-refractivity contribution in [3.63, 3.8) is 0 Å². The monoisotopic (exact) mass is 385 g/mol. The molecular weight excluding hydrogens is 362 g/mol. The second kappa shape index (κ2) is 7.44. The Balaban J connectivity index is 1.63. The lowest BCUT2D eigenvalue weighted by molar-refractivity contribution is -0.0511. The van der Waals surface area contributed by atoms with Gasteiger partial charge in [-0.2, -0.15) is 0 Å². The smallest absolute Gasteiger partial charge is 0.167 e. The molecule has 0 saturated carbocycles. The van der Waals surface area contributed by atoms with Crippen molar-refractivity contribution in [2.24, 2.45) is 0 Å². The summed E-state index contributed by atoms with van der Waals surface area (Å²) in [6, 6.07) is 8.23. The molecule has 0 bridgehead atoms. The van der Waals surface area contributed by atoms with Crippen LogP contribution in [-0.4, -0.2) is 59.8 Å². The maximum absolute atomic E-state index is 10.3. The van der Waals surface area contributed by atoms with Gasteiger partial charge in [-0.05, 0) is 19.4 Å². The van der Waals surface area contributed by atoms with Crippen molar-refractivity contribution >= 4 is 17.0 Å². The summed E-state index contributed by atoms with van der Waals surface area (Å²) in [7, 11) is 0.